The highest BCUT2D eigenvalue weighted by atomic mass is 16.5. The quantitative estimate of drug-likeness (QED) is 0.672. The number of rotatable bonds is 9. The van der Waals surface area contributed by atoms with Crippen LogP contribution in [0.2, 0.25) is 0 Å². The average molecular weight is 249 g/mol. The number of aryl methyl sites for hydroxylation is 1. The Labute approximate surface area is 112 Å². The van der Waals surface area contributed by atoms with Crippen molar-refractivity contribution in [3.63, 3.8) is 0 Å². The number of ether oxygens (including phenoxy) is 1. The molecule has 18 heavy (non-hydrogen) atoms. The molecule has 0 fully saturated rings. The van der Waals surface area contributed by atoms with Gasteiger partial charge in [0.05, 0.1) is 7.11 Å². The van der Waals surface area contributed by atoms with E-state index in [9.17, 15) is 0 Å². The number of unbranched alkanes of at least 4 members (excludes halogenated alkanes) is 2. The molecule has 2 nitrogen and oxygen atoms in total. The molecular weight excluding hydrogens is 222 g/mol. The summed E-state index contributed by atoms with van der Waals surface area (Å²) in [7, 11) is 3.78. The summed E-state index contributed by atoms with van der Waals surface area (Å²) in [6, 6.07) is 9.07. The van der Waals surface area contributed by atoms with Gasteiger partial charge >= 0.3 is 0 Å². The first-order valence-corrected chi connectivity index (χ1v) is 7.10. The van der Waals surface area contributed by atoms with Gasteiger partial charge in [-0.2, -0.15) is 0 Å². The summed E-state index contributed by atoms with van der Waals surface area (Å²) in [6.45, 7) is 2.26. The van der Waals surface area contributed by atoms with Gasteiger partial charge in [0.15, 0.2) is 0 Å². The molecule has 1 aromatic carbocycles. The SMILES string of the molecule is CCCCCC(CCc1ccc(OC)cc1)NC. The van der Waals surface area contributed by atoms with Crippen LogP contribution in [0.3, 0.4) is 0 Å². The second kappa shape index (κ2) is 8.98. The minimum Gasteiger partial charge on any atom is -0.497 e. The summed E-state index contributed by atoms with van der Waals surface area (Å²) in [5, 5.41) is 3.43. The minimum absolute atomic E-state index is 0.652. The van der Waals surface area contributed by atoms with Crippen LogP contribution < -0.4 is 10.1 Å². The molecule has 0 aliphatic carbocycles. The summed E-state index contributed by atoms with van der Waals surface area (Å²) in [6.07, 6.45) is 7.63. The second-order valence-corrected chi connectivity index (χ2v) is 4.87. The van der Waals surface area contributed by atoms with Crippen LogP contribution in [0, 0.1) is 0 Å². The highest BCUT2D eigenvalue weighted by molar-refractivity contribution is 5.27. The lowest BCUT2D eigenvalue weighted by atomic mass is 10.0. The molecule has 0 bridgehead atoms. The highest BCUT2D eigenvalue weighted by Crippen LogP contribution is 2.14. The highest BCUT2D eigenvalue weighted by Gasteiger charge is 2.06. The van der Waals surface area contributed by atoms with Crippen LogP contribution in [-0.4, -0.2) is 20.2 Å². The molecule has 0 aliphatic heterocycles. The van der Waals surface area contributed by atoms with Gasteiger partial charge in [0, 0.05) is 6.04 Å². The van der Waals surface area contributed by atoms with Crippen molar-refractivity contribution in [2.45, 2.75) is 51.5 Å². The average Bonchev–Trinajstić information content (AvgIpc) is 2.43. The molecular formula is C16H27NO. The Bertz CT molecular complexity index is 307. The lowest BCUT2D eigenvalue weighted by molar-refractivity contribution is 0.414. The van der Waals surface area contributed by atoms with E-state index < -0.39 is 0 Å². The van der Waals surface area contributed by atoms with E-state index in [0.29, 0.717) is 6.04 Å². The lowest BCUT2D eigenvalue weighted by Crippen LogP contribution is -2.25. The van der Waals surface area contributed by atoms with Crippen LogP contribution in [0.15, 0.2) is 24.3 Å². The molecule has 0 aromatic heterocycles. The first-order chi connectivity index (χ1) is 8.80. The second-order valence-electron chi connectivity index (χ2n) is 4.87. The Morgan fingerprint density at radius 3 is 2.39 bits per heavy atom. The predicted molar refractivity (Wildman–Crippen MR) is 78.3 cm³/mol. The monoisotopic (exact) mass is 249 g/mol. The van der Waals surface area contributed by atoms with E-state index in [-0.39, 0.29) is 0 Å². The maximum absolute atomic E-state index is 5.17. The molecule has 0 saturated carbocycles. The Morgan fingerprint density at radius 1 is 1.11 bits per heavy atom. The van der Waals surface area contributed by atoms with Gasteiger partial charge in [-0.1, -0.05) is 38.3 Å². The first kappa shape index (κ1) is 15.0. The van der Waals surface area contributed by atoms with Crippen LogP contribution in [0.4, 0.5) is 0 Å². The molecule has 0 spiro atoms. The molecule has 1 N–H and O–H groups in total. The van der Waals surface area contributed by atoms with Crippen LogP contribution in [0.25, 0.3) is 0 Å². The molecule has 0 heterocycles. The van der Waals surface area contributed by atoms with Crippen LogP contribution >= 0.6 is 0 Å². The van der Waals surface area contributed by atoms with Crippen molar-refractivity contribution in [1.29, 1.82) is 0 Å². The zero-order valence-electron chi connectivity index (χ0n) is 12.0. The Kier molecular flexibility index (Phi) is 7.51. The van der Waals surface area contributed by atoms with Crippen molar-refractivity contribution in [2.75, 3.05) is 14.2 Å². The van der Waals surface area contributed by atoms with Crippen molar-refractivity contribution < 1.29 is 4.74 Å². The molecule has 1 rings (SSSR count). The van der Waals surface area contributed by atoms with Crippen LogP contribution in [0.1, 0.15) is 44.6 Å². The van der Waals surface area contributed by atoms with Crippen molar-refractivity contribution in [3.05, 3.63) is 29.8 Å². The predicted octanol–water partition coefficient (Wildman–Crippen LogP) is 3.80. The fourth-order valence-corrected chi connectivity index (χ4v) is 2.21. The van der Waals surface area contributed by atoms with E-state index in [2.05, 4.69) is 31.4 Å². The molecule has 102 valence electrons. The summed E-state index contributed by atoms with van der Waals surface area (Å²) in [5.74, 6) is 0.937. The van der Waals surface area contributed by atoms with Gasteiger partial charge in [0.2, 0.25) is 0 Å². The van der Waals surface area contributed by atoms with E-state index in [1.807, 2.05) is 12.1 Å². The van der Waals surface area contributed by atoms with Gasteiger partial charge in [-0.05, 0) is 44.0 Å². The van der Waals surface area contributed by atoms with Crippen molar-refractivity contribution in [1.82, 2.24) is 5.32 Å². The molecule has 0 saturated heterocycles. The van der Waals surface area contributed by atoms with Gasteiger partial charge in [-0.25, -0.2) is 0 Å². The van der Waals surface area contributed by atoms with Gasteiger partial charge < -0.3 is 10.1 Å². The maximum atomic E-state index is 5.17. The minimum atomic E-state index is 0.652. The number of methoxy groups -OCH3 is 1. The van der Waals surface area contributed by atoms with E-state index in [0.717, 1.165) is 12.2 Å². The number of benzene rings is 1. The van der Waals surface area contributed by atoms with Gasteiger partial charge in [-0.3, -0.25) is 0 Å². The molecule has 0 aliphatic rings. The lowest BCUT2D eigenvalue weighted by Gasteiger charge is -2.16. The van der Waals surface area contributed by atoms with E-state index in [4.69, 9.17) is 4.74 Å². The Morgan fingerprint density at radius 2 is 1.83 bits per heavy atom. The molecule has 1 unspecified atom stereocenters. The smallest absolute Gasteiger partial charge is 0.118 e. The largest absolute Gasteiger partial charge is 0.497 e. The number of nitrogens with one attached hydrogen (secondary N) is 1. The third kappa shape index (κ3) is 5.54. The normalized spacial score (nSPS) is 12.4. The molecule has 1 aromatic rings. The fraction of sp³-hybridized carbons (Fsp3) is 0.625. The van der Waals surface area contributed by atoms with Crippen molar-refractivity contribution >= 4 is 0 Å². The summed E-state index contributed by atoms with van der Waals surface area (Å²) in [5.41, 5.74) is 1.39. The topological polar surface area (TPSA) is 21.3 Å². The van der Waals surface area contributed by atoms with E-state index >= 15 is 0 Å². The fourth-order valence-electron chi connectivity index (χ4n) is 2.21. The Hall–Kier alpha value is -1.02. The van der Waals surface area contributed by atoms with Gasteiger partial charge in [-0.15, -0.1) is 0 Å². The molecule has 0 radical (unpaired) electrons. The zero-order chi connectivity index (χ0) is 13.2. The van der Waals surface area contributed by atoms with Crippen LogP contribution in [-0.2, 0) is 6.42 Å². The molecule has 0 amide bonds. The molecule has 2 heteroatoms. The summed E-state index contributed by atoms with van der Waals surface area (Å²) >= 11 is 0. The van der Waals surface area contributed by atoms with Crippen molar-refractivity contribution in [3.8, 4) is 5.75 Å². The van der Waals surface area contributed by atoms with Gasteiger partial charge in [0.25, 0.3) is 0 Å². The number of hydrogen-bond donors (Lipinski definition) is 1. The molecule has 1 atom stereocenters. The van der Waals surface area contributed by atoms with Crippen LogP contribution in [0.5, 0.6) is 5.75 Å². The van der Waals surface area contributed by atoms with E-state index in [1.165, 1.54) is 37.7 Å². The van der Waals surface area contributed by atoms with E-state index in [1.54, 1.807) is 7.11 Å². The van der Waals surface area contributed by atoms with Crippen molar-refractivity contribution in [2.24, 2.45) is 0 Å². The van der Waals surface area contributed by atoms with Gasteiger partial charge in [0.1, 0.15) is 5.75 Å². The third-order valence-corrected chi connectivity index (χ3v) is 3.50. The third-order valence-electron chi connectivity index (χ3n) is 3.50. The number of hydrogen-bond acceptors (Lipinski definition) is 2. The maximum Gasteiger partial charge on any atom is 0.118 e. The first-order valence-electron chi connectivity index (χ1n) is 7.10. The summed E-state index contributed by atoms with van der Waals surface area (Å²) in [4.78, 5) is 0. The summed E-state index contributed by atoms with van der Waals surface area (Å²) < 4.78 is 5.17. The zero-order valence-corrected chi connectivity index (χ0v) is 12.0. The standard InChI is InChI=1S/C16H27NO/c1-4-5-6-7-15(17-2)11-8-14-9-12-16(18-3)13-10-14/h9-10,12-13,15,17H,4-8,11H2,1-3H3. The Balaban J connectivity index is 2.32.